The monoisotopic (exact) mass is 250 g/mol. The Bertz CT molecular complexity index is 507. The molecule has 2 N–H and O–H groups in total. The van der Waals surface area contributed by atoms with Crippen LogP contribution < -0.4 is 5.32 Å². The van der Waals surface area contributed by atoms with Gasteiger partial charge in [0, 0.05) is 47.1 Å². The van der Waals surface area contributed by atoms with Crippen molar-refractivity contribution < 1.29 is 4.21 Å². The van der Waals surface area contributed by atoms with Crippen LogP contribution in [0.1, 0.15) is 12.5 Å². The molecule has 0 aliphatic heterocycles. The SMILES string of the molecule is CCS(=O)CCNCc1ccc2cc[nH]c2c1. The molecule has 2 aromatic rings. The molecule has 0 radical (unpaired) electrons. The molecule has 0 spiro atoms. The van der Waals surface area contributed by atoms with Gasteiger partial charge < -0.3 is 10.3 Å². The largest absolute Gasteiger partial charge is 0.361 e. The molecule has 2 rings (SSSR count). The number of aromatic nitrogens is 1. The van der Waals surface area contributed by atoms with Crippen LogP contribution in [-0.4, -0.2) is 27.2 Å². The Hall–Kier alpha value is -1.13. The molecule has 1 aromatic heterocycles. The van der Waals surface area contributed by atoms with Gasteiger partial charge in [0.05, 0.1) is 0 Å². The number of fused-ring (bicyclic) bond motifs is 1. The van der Waals surface area contributed by atoms with Crippen molar-refractivity contribution in [3.8, 4) is 0 Å². The predicted molar refractivity (Wildman–Crippen MR) is 73.6 cm³/mol. The summed E-state index contributed by atoms with van der Waals surface area (Å²) in [6.07, 6.45) is 1.95. The van der Waals surface area contributed by atoms with Crippen LogP contribution in [0.5, 0.6) is 0 Å². The van der Waals surface area contributed by atoms with Gasteiger partial charge in [0.1, 0.15) is 0 Å². The predicted octanol–water partition coefficient (Wildman–Crippen LogP) is 2.03. The summed E-state index contributed by atoms with van der Waals surface area (Å²) in [5.74, 6) is 1.48. The fraction of sp³-hybridized carbons (Fsp3) is 0.385. The van der Waals surface area contributed by atoms with Crippen LogP contribution in [0.4, 0.5) is 0 Å². The van der Waals surface area contributed by atoms with Gasteiger partial charge in [0.25, 0.3) is 0 Å². The van der Waals surface area contributed by atoms with Crippen LogP contribution in [0, 0.1) is 0 Å². The number of benzene rings is 1. The number of hydrogen-bond acceptors (Lipinski definition) is 2. The molecule has 1 unspecified atom stereocenters. The molecule has 3 nitrogen and oxygen atoms in total. The average molecular weight is 250 g/mol. The maximum absolute atomic E-state index is 11.2. The highest BCUT2D eigenvalue weighted by Gasteiger charge is 1.98. The van der Waals surface area contributed by atoms with E-state index in [1.807, 2.05) is 13.1 Å². The van der Waals surface area contributed by atoms with Crippen molar-refractivity contribution in [3.05, 3.63) is 36.0 Å². The molecule has 0 bridgehead atoms. The first-order chi connectivity index (χ1) is 8.29. The zero-order chi connectivity index (χ0) is 12.1. The third kappa shape index (κ3) is 3.41. The van der Waals surface area contributed by atoms with Crippen LogP contribution in [0.3, 0.4) is 0 Å². The molecule has 0 aliphatic carbocycles. The summed E-state index contributed by atoms with van der Waals surface area (Å²) in [5.41, 5.74) is 2.42. The molecule has 1 atom stereocenters. The molecule has 0 fully saturated rings. The number of aromatic amines is 1. The first-order valence-electron chi connectivity index (χ1n) is 5.91. The number of rotatable bonds is 6. The second-order valence-electron chi connectivity index (χ2n) is 4.01. The maximum atomic E-state index is 11.2. The van der Waals surface area contributed by atoms with E-state index in [-0.39, 0.29) is 0 Å². The molecule has 1 heterocycles. The molecular weight excluding hydrogens is 232 g/mol. The van der Waals surface area contributed by atoms with Crippen LogP contribution >= 0.6 is 0 Å². The normalized spacial score (nSPS) is 13.0. The zero-order valence-electron chi connectivity index (χ0n) is 10.0. The van der Waals surface area contributed by atoms with Crippen molar-refractivity contribution >= 4 is 21.7 Å². The van der Waals surface area contributed by atoms with E-state index in [0.717, 1.165) is 24.6 Å². The Kier molecular flexibility index (Phi) is 4.34. The summed E-state index contributed by atoms with van der Waals surface area (Å²) in [4.78, 5) is 3.20. The summed E-state index contributed by atoms with van der Waals surface area (Å²) in [7, 11) is -0.669. The topological polar surface area (TPSA) is 44.9 Å². The quantitative estimate of drug-likeness (QED) is 0.770. The zero-order valence-corrected chi connectivity index (χ0v) is 10.8. The van der Waals surface area contributed by atoms with Crippen molar-refractivity contribution in [2.75, 3.05) is 18.1 Å². The van der Waals surface area contributed by atoms with Gasteiger partial charge in [-0.25, -0.2) is 0 Å². The van der Waals surface area contributed by atoms with E-state index in [4.69, 9.17) is 0 Å². The minimum absolute atomic E-state index is 0.669. The molecular formula is C13H18N2OS. The third-order valence-corrected chi connectivity index (χ3v) is 4.08. The van der Waals surface area contributed by atoms with Gasteiger partial charge in [-0.3, -0.25) is 4.21 Å². The molecule has 0 saturated heterocycles. The molecule has 1 aromatic carbocycles. The Labute approximate surface area is 104 Å². The summed E-state index contributed by atoms with van der Waals surface area (Å²) in [6, 6.07) is 8.46. The summed E-state index contributed by atoms with van der Waals surface area (Å²) in [6.45, 7) is 3.59. The first-order valence-corrected chi connectivity index (χ1v) is 7.40. The minimum Gasteiger partial charge on any atom is -0.361 e. The van der Waals surface area contributed by atoms with E-state index in [2.05, 4.69) is 34.6 Å². The van der Waals surface area contributed by atoms with Crippen molar-refractivity contribution in [1.29, 1.82) is 0 Å². The van der Waals surface area contributed by atoms with Crippen molar-refractivity contribution in [2.45, 2.75) is 13.5 Å². The van der Waals surface area contributed by atoms with Gasteiger partial charge in [-0.2, -0.15) is 0 Å². The fourth-order valence-electron chi connectivity index (χ4n) is 1.77. The van der Waals surface area contributed by atoms with Gasteiger partial charge in [0.15, 0.2) is 0 Å². The van der Waals surface area contributed by atoms with Gasteiger partial charge in [-0.05, 0) is 23.1 Å². The van der Waals surface area contributed by atoms with Crippen LogP contribution in [0.2, 0.25) is 0 Å². The van der Waals surface area contributed by atoms with Gasteiger partial charge in [-0.1, -0.05) is 19.1 Å². The van der Waals surface area contributed by atoms with E-state index >= 15 is 0 Å². The van der Waals surface area contributed by atoms with Crippen LogP contribution in [0.15, 0.2) is 30.5 Å². The summed E-state index contributed by atoms with van der Waals surface area (Å²) in [5, 5.41) is 4.55. The van der Waals surface area contributed by atoms with Gasteiger partial charge in [0.2, 0.25) is 0 Å². The molecule has 0 saturated carbocycles. The Morgan fingerprint density at radius 3 is 3.06 bits per heavy atom. The second kappa shape index (κ2) is 5.98. The summed E-state index contributed by atoms with van der Waals surface area (Å²) < 4.78 is 11.2. The fourth-order valence-corrected chi connectivity index (χ4v) is 2.43. The van der Waals surface area contributed by atoms with E-state index in [1.165, 1.54) is 16.5 Å². The molecule has 0 aliphatic rings. The number of H-pyrrole nitrogens is 1. The Balaban J connectivity index is 1.84. The highest BCUT2D eigenvalue weighted by atomic mass is 32.2. The Morgan fingerprint density at radius 1 is 1.35 bits per heavy atom. The highest BCUT2D eigenvalue weighted by Crippen LogP contribution is 2.13. The summed E-state index contributed by atoms with van der Waals surface area (Å²) >= 11 is 0. The lowest BCUT2D eigenvalue weighted by Crippen LogP contribution is -2.20. The highest BCUT2D eigenvalue weighted by molar-refractivity contribution is 7.84. The van der Waals surface area contributed by atoms with E-state index < -0.39 is 10.8 Å². The lowest BCUT2D eigenvalue weighted by Gasteiger charge is -2.04. The lowest BCUT2D eigenvalue weighted by molar-refractivity contribution is 0.674. The number of nitrogens with one attached hydrogen (secondary N) is 2. The first kappa shape index (κ1) is 12.3. The van der Waals surface area contributed by atoms with Crippen LogP contribution in [0.25, 0.3) is 10.9 Å². The molecule has 17 heavy (non-hydrogen) atoms. The average Bonchev–Trinajstić information content (AvgIpc) is 2.81. The molecule has 0 amide bonds. The molecule has 4 heteroatoms. The smallest absolute Gasteiger partial charge is 0.0457 e. The lowest BCUT2D eigenvalue weighted by atomic mass is 10.1. The maximum Gasteiger partial charge on any atom is 0.0457 e. The van der Waals surface area contributed by atoms with E-state index in [0.29, 0.717) is 0 Å². The van der Waals surface area contributed by atoms with Crippen molar-refractivity contribution in [2.24, 2.45) is 0 Å². The van der Waals surface area contributed by atoms with E-state index in [9.17, 15) is 4.21 Å². The van der Waals surface area contributed by atoms with Gasteiger partial charge >= 0.3 is 0 Å². The van der Waals surface area contributed by atoms with Crippen molar-refractivity contribution in [1.82, 2.24) is 10.3 Å². The van der Waals surface area contributed by atoms with Crippen molar-refractivity contribution in [3.63, 3.8) is 0 Å². The Morgan fingerprint density at radius 2 is 2.24 bits per heavy atom. The second-order valence-corrected chi connectivity index (χ2v) is 5.87. The minimum atomic E-state index is -0.669. The van der Waals surface area contributed by atoms with Gasteiger partial charge in [-0.15, -0.1) is 0 Å². The standard InChI is InChI=1S/C13H18N2OS/c1-2-17(16)8-7-14-10-11-3-4-12-5-6-15-13(12)9-11/h3-6,9,14-15H,2,7-8,10H2,1H3. The molecule has 92 valence electrons. The van der Waals surface area contributed by atoms with Crippen LogP contribution in [-0.2, 0) is 17.3 Å². The van der Waals surface area contributed by atoms with E-state index in [1.54, 1.807) is 0 Å². The number of hydrogen-bond donors (Lipinski definition) is 2. The third-order valence-electron chi connectivity index (χ3n) is 2.78.